The predicted octanol–water partition coefficient (Wildman–Crippen LogP) is 3.41. The van der Waals surface area contributed by atoms with Crippen molar-refractivity contribution in [1.29, 1.82) is 0 Å². The molecule has 1 aromatic rings. The molecule has 1 heterocycles. The highest BCUT2D eigenvalue weighted by Crippen LogP contribution is 2.41. The van der Waals surface area contributed by atoms with Crippen molar-refractivity contribution in [3.63, 3.8) is 0 Å². The summed E-state index contributed by atoms with van der Waals surface area (Å²) in [6, 6.07) is 8.12. The number of hydrogen-bond donors (Lipinski definition) is 0. The lowest BCUT2D eigenvalue weighted by atomic mass is 9.91. The molecule has 2 rings (SSSR count). The molecular formula is C14H16BrNO2. The number of allylic oxidation sites excluding steroid dienone is 1. The van der Waals surface area contributed by atoms with Gasteiger partial charge in [-0.1, -0.05) is 34.1 Å². The zero-order chi connectivity index (χ0) is 13.1. The maximum atomic E-state index is 11.7. The third kappa shape index (κ3) is 2.58. The Morgan fingerprint density at radius 1 is 1.44 bits per heavy atom. The normalized spacial score (nSPS) is 18.1. The number of halogens is 1. The molecule has 1 unspecified atom stereocenters. The van der Waals surface area contributed by atoms with Crippen LogP contribution in [0.15, 0.2) is 34.9 Å². The number of rotatable bonds is 3. The van der Waals surface area contributed by atoms with E-state index in [1.54, 1.807) is 0 Å². The minimum atomic E-state index is -0.160. The van der Waals surface area contributed by atoms with E-state index in [1.807, 2.05) is 32.3 Å². The largest absolute Gasteiger partial charge is 0.466 e. The van der Waals surface area contributed by atoms with Gasteiger partial charge in [-0.3, -0.25) is 4.79 Å². The number of hydrogen-bond acceptors (Lipinski definition) is 3. The molecule has 0 saturated carbocycles. The molecule has 0 saturated heterocycles. The fourth-order valence-electron chi connectivity index (χ4n) is 2.19. The Balaban J connectivity index is 2.29. The van der Waals surface area contributed by atoms with Gasteiger partial charge in [-0.05, 0) is 18.6 Å². The Hall–Kier alpha value is -1.29. The predicted molar refractivity (Wildman–Crippen MR) is 75.8 cm³/mol. The van der Waals surface area contributed by atoms with E-state index in [2.05, 4.69) is 33.0 Å². The number of fused-ring (bicyclic) bond motifs is 1. The minimum Gasteiger partial charge on any atom is -0.466 e. The van der Waals surface area contributed by atoms with Crippen LogP contribution in [0, 0.1) is 0 Å². The van der Waals surface area contributed by atoms with Crippen LogP contribution in [0.4, 0.5) is 5.69 Å². The maximum Gasteiger partial charge on any atom is 0.306 e. The van der Waals surface area contributed by atoms with Crippen molar-refractivity contribution in [2.75, 3.05) is 18.6 Å². The molecule has 0 aromatic heterocycles. The van der Waals surface area contributed by atoms with Crippen LogP contribution in [0.25, 0.3) is 0 Å². The van der Waals surface area contributed by atoms with E-state index in [0.717, 1.165) is 15.7 Å². The SMILES string of the molecule is CCOC(=O)CC1C(Br)=CN(C)c2ccccc21. The van der Waals surface area contributed by atoms with Crippen LogP contribution < -0.4 is 4.90 Å². The van der Waals surface area contributed by atoms with Crippen molar-refractivity contribution in [3.8, 4) is 0 Å². The molecule has 1 aliphatic rings. The molecule has 0 aliphatic carbocycles. The van der Waals surface area contributed by atoms with Crippen molar-refractivity contribution in [2.45, 2.75) is 19.3 Å². The standard InChI is InChI=1S/C14H16BrNO2/c1-3-18-14(17)8-11-10-6-4-5-7-13(10)16(2)9-12(11)15/h4-7,9,11H,3,8H2,1-2H3. The number of para-hydroxylation sites is 1. The Bertz CT molecular complexity index is 484. The van der Waals surface area contributed by atoms with Gasteiger partial charge in [-0.15, -0.1) is 0 Å². The molecule has 0 fully saturated rings. The first kappa shape index (κ1) is 13.1. The van der Waals surface area contributed by atoms with Gasteiger partial charge >= 0.3 is 5.97 Å². The molecule has 0 bridgehead atoms. The summed E-state index contributed by atoms with van der Waals surface area (Å²) in [5, 5.41) is 0. The second-order valence-corrected chi connectivity index (χ2v) is 5.16. The molecule has 96 valence electrons. The summed E-state index contributed by atoms with van der Waals surface area (Å²) < 4.78 is 6.05. The Morgan fingerprint density at radius 3 is 2.89 bits per heavy atom. The highest BCUT2D eigenvalue weighted by atomic mass is 79.9. The van der Waals surface area contributed by atoms with E-state index in [4.69, 9.17) is 4.74 Å². The number of anilines is 1. The number of esters is 1. The van der Waals surface area contributed by atoms with E-state index in [1.165, 1.54) is 0 Å². The summed E-state index contributed by atoms with van der Waals surface area (Å²) in [4.78, 5) is 13.7. The van der Waals surface area contributed by atoms with Crippen LogP contribution in [0.3, 0.4) is 0 Å². The average molecular weight is 310 g/mol. The monoisotopic (exact) mass is 309 g/mol. The van der Waals surface area contributed by atoms with E-state index in [0.29, 0.717) is 13.0 Å². The smallest absolute Gasteiger partial charge is 0.306 e. The zero-order valence-corrected chi connectivity index (χ0v) is 12.1. The topological polar surface area (TPSA) is 29.5 Å². The van der Waals surface area contributed by atoms with E-state index >= 15 is 0 Å². The zero-order valence-electron chi connectivity index (χ0n) is 10.5. The summed E-state index contributed by atoms with van der Waals surface area (Å²) >= 11 is 3.56. The van der Waals surface area contributed by atoms with Crippen molar-refractivity contribution in [1.82, 2.24) is 0 Å². The number of benzene rings is 1. The molecule has 0 N–H and O–H groups in total. The molecule has 1 aromatic carbocycles. The van der Waals surface area contributed by atoms with Crippen LogP contribution in [0.2, 0.25) is 0 Å². The van der Waals surface area contributed by atoms with Crippen molar-refractivity contribution in [2.24, 2.45) is 0 Å². The number of nitrogens with zero attached hydrogens (tertiary/aromatic N) is 1. The van der Waals surface area contributed by atoms with Crippen LogP contribution in [-0.4, -0.2) is 19.6 Å². The van der Waals surface area contributed by atoms with Gasteiger partial charge in [0.25, 0.3) is 0 Å². The second kappa shape index (κ2) is 5.57. The molecule has 0 amide bonds. The fourth-order valence-corrected chi connectivity index (χ4v) is 2.91. The van der Waals surface area contributed by atoms with Crippen LogP contribution >= 0.6 is 15.9 Å². The summed E-state index contributed by atoms with van der Waals surface area (Å²) in [7, 11) is 2.00. The van der Waals surface area contributed by atoms with Crippen molar-refractivity contribution < 1.29 is 9.53 Å². The van der Waals surface area contributed by atoms with Gasteiger partial charge < -0.3 is 9.64 Å². The fraction of sp³-hybridized carbons (Fsp3) is 0.357. The molecule has 0 radical (unpaired) electrons. The molecule has 18 heavy (non-hydrogen) atoms. The number of carbonyl (C=O) groups is 1. The van der Waals surface area contributed by atoms with Gasteiger partial charge in [0.05, 0.1) is 13.0 Å². The van der Waals surface area contributed by atoms with Gasteiger partial charge in [0.1, 0.15) is 0 Å². The lowest BCUT2D eigenvalue weighted by Crippen LogP contribution is -2.21. The average Bonchev–Trinajstić information content (AvgIpc) is 2.35. The van der Waals surface area contributed by atoms with Crippen LogP contribution in [0.1, 0.15) is 24.8 Å². The Kier molecular flexibility index (Phi) is 4.07. The van der Waals surface area contributed by atoms with Gasteiger partial charge in [-0.25, -0.2) is 0 Å². The summed E-state index contributed by atoms with van der Waals surface area (Å²) in [5.41, 5.74) is 2.29. The van der Waals surface area contributed by atoms with Crippen LogP contribution in [0.5, 0.6) is 0 Å². The Morgan fingerprint density at radius 2 is 2.17 bits per heavy atom. The molecule has 0 spiro atoms. The van der Waals surface area contributed by atoms with E-state index in [9.17, 15) is 4.79 Å². The number of ether oxygens (including phenoxy) is 1. The molecule has 1 atom stereocenters. The molecule has 4 heteroatoms. The molecule has 1 aliphatic heterocycles. The van der Waals surface area contributed by atoms with Gasteiger partial charge in [0.15, 0.2) is 0 Å². The molecule has 3 nitrogen and oxygen atoms in total. The summed E-state index contributed by atoms with van der Waals surface area (Å²) in [6.45, 7) is 2.25. The highest BCUT2D eigenvalue weighted by molar-refractivity contribution is 9.11. The quantitative estimate of drug-likeness (QED) is 0.801. The Labute approximate surface area is 116 Å². The van der Waals surface area contributed by atoms with Gasteiger partial charge in [-0.2, -0.15) is 0 Å². The number of carbonyl (C=O) groups excluding carboxylic acids is 1. The second-order valence-electron chi connectivity index (χ2n) is 4.25. The van der Waals surface area contributed by atoms with Gasteiger partial charge in [0.2, 0.25) is 0 Å². The summed E-state index contributed by atoms with van der Waals surface area (Å²) in [6.07, 6.45) is 2.38. The lowest BCUT2D eigenvalue weighted by molar-refractivity contribution is -0.143. The van der Waals surface area contributed by atoms with Crippen LogP contribution in [-0.2, 0) is 9.53 Å². The summed E-state index contributed by atoms with van der Waals surface area (Å²) in [5.74, 6) is -0.108. The first-order valence-electron chi connectivity index (χ1n) is 5.98. The first-order chi connectivity index (χ1) is 8.63. The lowest BCUT2D eigenvalue weighted by Gasteiger charge is -2.29. The van der Waals surface area contributed by atoms with E-state index < -0.39 is 0 Å². The first-order valence-corrected chi connectivity index (χ1v) is 6.77. The van der Waals surface area contributed by atoms with Crippen molar-refractivity contribution in [3.05, 3.63) is 40.5 Å². The van der Waals surface area contributed by atoms with Crippen molar-refractivity contribution >= 4 is 27.6 Å². The third-order valence-corrected chi connectivity index (χ3v) is 3.78. The highest BCUT2D eigenvalue weighted by Gasteiger charge is 2.26. The third-order valence-electron chi connectivity index (χ3n) is 3.02. The van der Waals surface area contributed by atoms with Gasteiger partial charge in [0, 0.05) is 29.3 Å². The maximum absolute atomic E-state index is 11.7. The van der Waals surface area contributed by atoms with E-state index in [-0.39, 0.29) is 11.9 Å². The minimum absolute atomic E-state index is 0.0523. The molecular weight excluding hydrogens is 294 g/mol.